The van der Waals surface area contributed by atoms with Gasteiger partial charge in [0.05, 0.1) is 22.7 Å². The van der Waals surface area contributed by atoms with Crippen molar-refractivity contribution in [2.45, 2.75) is 19.7 Å². The zero-order valence-electron chi connectivity index (χ0n) is 16.3. The van der Waals surface area contributed by atoms with Gasteiger partial charge in [-0.15, -0.1) is 0 Å². The van der Waals surface area contributed by atoms with Crippen molar-refractivity contribution in [2.24, 2.45) is 0 Å². The van der Waals surface area contributed by atoms with Gasteiger partial charge in [-0.2, -0.15) is 5.26 Å². The lowest BCUT2D eigenvalue weighted by molar-refractivity contribution is -0.121. The van der Waals surface area contributed by atoms with Crippen molar-refractivity contribution in [3.05, 3.63) is 95.8 Å². The molecule has 0 unspecified atom stereocenters. The molecule has 0 bridgehead atoms. The number of rotatable bonds is 7. The number of nitrogens with one attached hydrogen (secondary N) is 1. The normalized spacial score (nSPS) is 10.5. The monoisotopic (exact) mass is 396 g/mol. The molecule has 0 saturated carbocycles. The van der Waals surface area contributed by atoms with Crippen LogP contribution in [-0.4, -0.2) is 15.5 Å². The van der Waals surface area contributed by atoms with E-state index in [0.717, 1.165) is 22.3 Å². The van der Waals surface area contributed by atoms with Crippen molar-refractivity contribution in [2.75, 3.05) is 0 Å². The fourth-order valence-corrected chi connectivity index (χ4v) is 3.17. The highest BCUT2D eigenvalue weighted by Gasteiger charge is 2.14. The van der Waals surface area contributed by atoms with Crippen molar-refractivity contribution in [1.82, 2.24) is 14.9 Å². The SMILES string of the molecule is N#Cc1ccc(CNC(=O)Cn2c(COc3ccccc3)nc3ccccc32)cc1. The lowest BCUT2D eigenvalue weighted by Gasteiger charge is -2.11. The summed E-state index contributed by atoms with van der Waals surface area (Å²) in [6.07, 6.45) is 0. The summed E-state index contributed by atoms with van der Waals surface area (Å²) < 4.78 is 7.73. The number of aromatic nitrogens is 2. The summed E-state index contributed by atoms with van der Waals surface area (Å²) in [6.45, 7) is 0.804. The van der Waals surface area contributed by atoms with Crippen LogP contribution in [0.4, 0.5) is 0 Å². The molecule has 1 N–H and O–H groups in total. The number of nitrogens with zero attached hydrogens (tertiary/aromatic N) is 3. The highest BCUT2D eigenvalue weighted by molar-refractivity contribution is 5.81. The van der Waals surface area contributed by atoms with E-state index in [1.54, 1.807) is 12.1 Å². The quantitative estimate of drug-likeness (QED) is 0.515. The van der Waals surface area contributed by atoms with Crippen molar-refractivity contribution in [1.29, 1.82) is 5.26 Å². The molecule has 0 fully saturated rings. The third-order valence-corrected chi connectivity index (χ3v) is 4.72. The Labute approximate surface area is 174 Å². The van der Waals surface area contributed by atoms with Crippen LogP contribution in [0, 0.1) is 11.3 Å². The molecule has 148 valence electrons. The topological polar surface area (TPSA) is 79.9 Å². The summed E-state index contributed by atoms with van der Waals surface area (Å²) in [5.74, 6) is 1.32. The molecule has 0 spiro atoms. The summed E-state index contributed by atoms with van der Waals surface area (Å²) in [6, 6.07) is 26.5. The average molecular weight is 396 g/mol. The Bertz CT molecular complexity index is 1190. The molecule has 0 aliphatic carbocycles. The second-order valence-corrected chi connectivity index (χ2v) is 6.79. The first kappa shape index (κ1) is 19.2. The number of hydrogen-bond acceptors (Lipinski definition) is 4. The van der Waals surface area contributed by atoms with Gasteiger partial charge in [-0.3, -0.25) is 4.79 Å². The smallest absolute Gasteiger partial charge is 0.240 e. The van der Waals surface area contributed by atoms with Crippen LogP contribution in [0.1, 0.15) is 17.0 Å². The number of carbonyl (C=O) groups excluding carboxylic acids is 1. The van der Waals surface area contributed by atoms with E-state index in [-0.39, 0.29) is 19.1 Å². The molecule has 0 atom stereocenters. The Morgan fingerprint density at radius 1 is 1.00 bits per heavy atom. The number of imidazole rings is 1. The lowest BCUT2D eigenvalue weighted by Crippen LogP contribution is -2.28. The number of carbonyl (C=O) groups is 1. The predicted octanol–water partition coefficient (Wildman–Crippen LogP) is 3.80. The third-order valence-electron chi connectivity index (χ3n) is 4.72. The summed E-state index contributed by atoms with van der Waals surface area (Å²) in [5.41, 5.74) is 3.24. The number of para-hydroxylation sites is 3. The summed E-state index contributed by atoms with van der Waals surface area (Å²) in [5, 5.41) is 11.8. The van der Waals surface area contributed by atoms with E-state index in [1.807, 2.05) is 71.3 Å². The van der Waals surface area contributed by atoms with E-state index in [1.165, 1.54) is 0 Å². The van der Waals surface area contributed by atoms with Crippen molar-refractivity contribution >= 4 is 16.9 Å². The highest BCUT2D eigenvalue weighted by atomic mass is 16.5. The van der Waals surface area contributed by atoms with E-state index in [4.69, 9.17) is 10.00 Å². The maximum atomic E-state index is 12.6. The first-order valence-electron chi connectivity index (χ1n) is 9.60. The van der Waals surface area contributed by atoms with Crippen LogP contribution in [0.15, 0.2) is 78.9 Å². The fraction of sp³-hybridized carbons (Fsp3) is 0.125. The van der Waals surface area contributed by atoms with Gasteiger partial charge in [-0.05, 0) is 42.0 Å². The highest BCUT2D eigenvalue weighted by Crippen LogP contribution is 2.18. The van der Waals surface area contributed by atoms with Gasteiger partial charge >= 0.3 is 0 Å². The van der Waals surface area contributed by atoms with Gasteiger partial charge < -0.3 is 14.6 Å². The zero-order chi connectivity index (χ0) is 20.8. The minimum absolute atomic E-state index is 0.122. The second kappa shape index (κ2) is 8.93. The van der Waals surface area contributed by atoms with Crippen LogP contribution in [0.3, 0.4) is 0 Å². The lowest BCUT2D eigenvalue weighted by atomic mass is 10.1. The number of amides is 1. The molecule has 4 rings (SSSR count). The molecule has 30 heavy (non-hydrogen) atoms. The Hall–Kier alpha value is -4.11. The molecular weight excluding hydrogens is 376 g/mol. The van der Waals surface area contributed by atoms with E-state index >= 15 is 0 Å². The van der Waals surface area contributed by atoms with Gasteiger partial charge in [0.2, 0.25) is 5.91 Å². The molecular formula is C24H20N4O2. The number of ether oxygens (including phenoxy) is 1. The molecule has 0 radical (unpaired) electrons. The minimum atomic E-state index is -0.122. The summed E-state index contributed by atoms with van der Waals surface area (Å²) in [7, 11) is 0. The van der Waals surface area contributed by atoms with Crippen LogP contribution in [0.25, 0.3) is 11.0 Å². The van der Waals surface area contributed by atoms with E-state index in [9.17, 15) is 4.79 Å². The standard InChI is InChI=1S/C24H20N4O2/c25-14-18-10-12-19(13-11-18)15-26-24(29)16-28-22-9-5-4-8-21(22)27-23(28)17-30-20-6-2-1-3-7-20/h1-13H,15-17H2,(H,26,29). The molecule has 4 aromatic rings. The van der Waals surface area contributed by atoms with E-state index < -0.39 is 0 Å². The molecule has 3 aromatic carbocycles. The first-order chi connectivity index (χ1) is 14.7. The molecule has 6 nitrogen and oxygen atoms in total. The number of benzene rings is 3. The van der Waals surface area contributed by atoms with E-state index in [2.05, 4.69) is 16.4 Å². The molecule has 6 heteroatoms. The third kappa shape index (κ3) is 4.47. The first-order valence-corrected chi connectivity index (χ1v) is 9.60. The number of hydrogen-bond donors (Lipinski definition) is 1. The molecule has 1 aromatic heterocycles. The van der Waals surface area contributed by atoms with Crippen molar-refractivity contribution in [3.63, 3.8) is 0 Å². The largest absolute Gasteiger partial charge is 0.486 e. The summed E-state index contributed by atoms with van der Waals surface area (Å²) >= 11 is 0. The maximum absolute atomic E-state index is 12.6. The Morgan fingerprint density at radius 2 is 1.73 bits per heavy atom. The number of nitriles is 1. The molecule has 1 heterocycles. The summed E-state index contributed by atoms with van der Waals surface area (Å²) in [4.78, 5) is 17.3. The van der Waals surface area contributed by atoms with Gasteiger partial charge in [0.25, 0.3) is 0 Å². The van der Waals surface area contributed by atoms with Crippen LogP contribution in [0.5, 0.6) is 5.75 Å². The van der Waals surface area contributed by atoms with Gasteiger partial charge in [-0.25, -0.2) is 4.98 Å². The van der Waals surface area contributed by atoms with Gasteiger partial charge in [0.15, 0.2) is 0 Å². The van der Waals surface area contributed by atoms with Crippen LogP contribution in [-0.2, 0) is 24.5 Å². The Balaban J connectivity index is 1.47. The van der Waals surface area contributed by atoms with Gasteiger partial charge in [0.1, 0.15) is 24.7 Å². The second-order valence-electron chi connectivity index (χ2n) is 6.79. The molecule has 0 saturated heterocycles. The predicted molar refractivity (Wildman–Crippen MR) is 114 cm³/mol. The number of fused-ring (bicyclic) bond motifs is 1. The Morgan fingerprint density at radius 3 is 2.50 bits per heavy atom. The molecule has 1 amide bonds. The van der Waals surface area contributed by atoms with Gasteiger partial charge in [-0.1, -0.05) is 42.5 Å². The van der Waals surface area contributed by atoms with Crippen LogP contribution < -0.4 is 10.1 Å². The zero-order valence-corrected chi connectivity index (χ0v) is 16.3. The molecule has 0 aliphatic rings. The minimum Gasteiger partial charge on any atom is -0.486 e. The van der Waals surface area contributed by atoms with Crippen LogP contribution >= 0.6 is 0 Å². The maximum Gasteiger partial charge on any atom is 0.240 e. The van der Waals surface area contributed by atoms with Crippen LogP contribution in [0.2, 0.25) is 0 Å². The Kier molecular flexibility index (Phi) is 5.72. The van der Waals surface area contributed by atoms with Crippen molar-refractivity contribution in [3.8, 4) is 11.8 Å². The van der Waals surface area contributed by atoms with Crippen molar-refractivity contribution < 1.29 is 9.53 Å². The average Bonchev–Trinajstić information content (AvgIpc) is 3.14. The molecule has 0 aliphatic heterocycles. The van der Waals surface area contributed by atoms with E-state index in [0.29, 0.717) is 17.9 Å². The fourth-order valence-electron chi connectivity index (χ4n) is 3.17. The van der Waals surface area contributed by atoms with Gasteiger partial charge in [0, 0.05) is 6.54 Å².